The zero-order valence-electron chi connectivity index (χ0n) is 17.0. The van der Waals surface area contributed by atoms with Crippen molar-refractivity contribution in [2.45, 2.75) is 19.8 Å². The van der Waals surface area contributed by atoms with Crippen molar-refractivity contribution in [3.05, 3.63) is 76.1 Å². The van der Waals surface area contributed by atoms with Gasteiger partial charge in [-0.1, -0.05) is 12.1 Å². The van der Waals surface area contributed by atoms with E-state index in [-0.39, 0.29) is 23.1 Å². The topological polar surface area (TPSA) is 68.1 Å². The number of Topliss-reactive ketones (excluding diaryl/α,β-unsaturated/α-hetero) is 1. The number of carbonyl (C=O) groups excluding carboxylic acids is 1. The Morgan fingerprint density at radius 3 is 2.67 bits per heavy atom. The van der Waals surface area contributed by atoms with Crippen LogP contribution >= 0.6 is 0 Å². The summed E-state index contributed by atoms with van der Waals surface area (Å²) in [6.07, 6.45) is 4.83. The van der Waals surface area contributed by atoms with Crippen LogP contribution in [0.25, 0.3) is 11.3 Å². The molecular weight excluding hydrogens is 383 g/mol. The molecule has 0 bridgehead atoms. The van der Waals surface area contributed by atoms with Gasteiger partial charge in [0.15, 0.2) is 5.78 Å². The second kappa shape index (κ2) is 8.18. The van der Waals surface area contributed by atoms with Crippen LogP contribution in [-0.4, -0.2) is 33.4 Å². The van der Waals surface area contributed by atoms with Gasteiger partial charge in [0, 0.05) is 55.6 Å². The van der Waals surface area contributed by atoms with Crippen LogP contribution in [0.2, 0.25) is 0 Å². The van der Waals surface area contributed by atoms with Crippen LogP contribution < -0.4 is 10.5 Å². The predicted molar refractivity (Wildman–Crippen MR) is 113 cm³/mol. The average Bonchev–Trinajstić information content (AvgIpc) is 2.77. The number of halogens is 1. The van der Waals surface area contributed by atoms with Crippen molar-refractivity contribution in [2.75, 3.05) is 18.0 Å². The first kappa shape index (κ1) is 19.9. The molecule has 3 aromatic rings. The van der Waals surface area contributed by atoms with Crippen LogP contribution in [0, 0.1) is 18.7 Å². The third kappa shape index (κ3) is 3.87. The number of pyridine rings is 1. The van der Waals surface area contributed by atoms with Gasteiger partial charge in [-0.15, -0.1) is 0 Å². The lowest BCUT2D eigenvalue weighted by Gasteiger charge is -2.33. The molecule has 7 heteroatoms. The molecule has 3 heterocycles. The Bertz CT molecular complexity index is 1140. The maximum absolute atomic E-state index is 13.9. The number of hydrogen-bond acceptors (Lipinski definition) is 5. The normalized spacial score (nSPS) is 16.5. The number of aromatic nitrogens is 3. The summed E-state index contributed by atoms with van der Waals surface area (Å²) in [4.78, 5) is 36.2. The molecule has 0 amide bonds. The molecule has 154 valence electrons. The van der Waals surface area contributed by atoms with E-state index < -0.39 is 0 Å². The Kier molecular flexibility index (Phi) is 5.44. The zero-order chi connectivity index (χ0) is 21.3. The van der Waals surface area contributed by atoms with Crippen LogP contribution in [0.3, 0.4) is 0 Å². The number of carbonyl (C=O) groups is 1. The predicted octanol–water partition coefficient (Wildman–Crippen LogP) is 3.39. The lowest BCUT2D eigenvalue weighted by atomic mass is 9.89. The molecular formula is C23H23FN4O2. The Balaban J connectivity index is 1.63. The highest BCUT2D eigenvalue weighted by Gasteiger charge is 2.29. The summed E-state index contributed by atoms with van der Waals surface area (Å²) in [6, 6.07) is 9.74. The average molecular weight is 406 g/mol. The van der Waals surface area contributed by atoms with Crippen molar-refractivity contribution < 1.29 is 9.18 Å². The molecule has 0 spiro atoms. The number of piperidine rings is 1. The van der Waals surface area contributed by atoms with Crippen molar-refractivity contribution in [1.82, 2.24) is 14.5 Å². The molecule has 2 aromatic heterocycles. The van der Waals surface area contributed by atoms with E-state index in [1.165, 1.54) is 16.7 Å². The van der Waals surface area contributed by atoms with Crippen LogP contribution in [0.15, 0.2) is 53.6 Å². The van der Waals surface area contributed by atoms with Gasteiger partial charge in [0.05, 0.1) is 5.69 Å². The van der Waals surface area contributed by atoms with Gasteiger partial charge < -0.3 is 4.90 Å². The van der Waals surface area contributed by atoms with Crippen molar-refractivity contribution in [3.63, 3.8) is 0 Å². The quantitative estimate of drug-likeness (QED) is 0.622. The fourth-order valence-corrected chi connectivity index (χ4v) is 3.84. The summed E-state index contributed by atoms with van der Waals surface area (Å²) in [6.45, 7) is 2.81. The largest absolute Gasteiger partial charge is 0.341 e. The Labute approximate surface area is 174 Å². The monoisotopic (exact) mass is 406 g/mol. The van der Waals surface area contributed by atoms with E-state index in [4.69, 9.17) is 4.98 Å². The van der Waals surface area contributed by atoms with E-state index in [0.717, 1.165) is 18.4 Å². The summed E-state index contributed by atoms with van der Waals surface area (Å²) in [5.74, 6) is -0.194. The number of aryl methyl sites for hydroxylation is 1. The number of rotatable bonds is 4. The molecule has 1 unspecified atom stereocenters. The molecule has 0 N–H and O–H groups in total. The first-order chi connectivity index (χ1) is 14.4. The van der Waals surface area contributed by atoms with Gasteiger partial charge in [-0.2, -0.15) is 0 Å². The lowest BCUT2D eigenvalue weighted by Crippen LogP contribution is -2.42. The molecule has 1 aliphatic heterocycles. The number of hydrogen-bond donors (Lipinski definition) is 0. The molecule has 1 atom stereocenters. The third-order valence-corrected chi connectivity index (χ3v) is 5.62. The molecule has 1 saturated heterocycles. The van der Waals surface area contributed by atoms with Gasteiger partial charge >= 0.3 is 0 Å². The number of anilines is 1. The van der Waals surface area contributed by atoms with Gasteiger partial charge in [-0.3, -0.25) is 19.1 Å². The van der Waals surface area contributed by atoms with Crippen molar-refractivity contribution in [2.24, 2.45) is 13.0 Å². The molecule has 1 aromatic carbocycles. The summed E-state index contributed by atoms with van der Waals surface area (Å²) in [7, 11) is 1.68. The van der Waals surface area contributed by atoms with E-state index in [1.54, 1.807) is 50.6 Å². The molecule has 0 aliphatic carbocycles. The van der Waals surface area contributed by atoms with Gasteiger partial charge in [-0.25, -0.2) is 9.37 Å². The van der Waals surface area contributed by atoms with E-state index in [0.29, 0.717) is 35.9 Å². The lowest BCUT2D eigenvalue weighted by molar-refractivity contribution is 0.0906. The second-order valence-electron chi connectivity index (χ2n) is 7.69. The highest BCUT2D eigenvalue weighted by atomic mass is 19.1. The van der Waals surface area contributed by atoms with Gasteiger partial charge in [0.25, 0.3) is 5.56 Å². The zero-order valence-corrected chi connectivity index (χ0v) is 17.0. The molecule has 0 saturated carbocycles. The fraction of sp³-hybridized carbons (Fsp3) is 0.304. The number of benzene rings is 1. The number of ketones is 1. The third-order valence-electron chi connectivity index (χ3n) is 5.62. The molecule has 30 heavy (non-hydrogen) atoms. The second-order valence-corrected chi connectivity index (χ2v) is 7.69. The minimum absolute atomic E-state index is 0.0751. The molecule has 6 nitrogen and oxygen atoms in total. The Hall–Kier alpha value is -3.35. The first-order valence-corrected chi connectivity index (χ1v) is 9.98. The summed E-state index contributed by atoms with van der Waals surface area (Å²) in [5, 5.41) is 0. The van der Waals surface area contributed by atoms with Gasteiger partial charge in [0.1, 0.15) is 5.82 Å². The van der Waals surface area contributed by atoms with Crippen LogP contribution in [-0.2, 0) is 7.05 Å². The minimum Gasteiger partial charge on any atom is -0.341 e. The van der Waals surface area contributed by atoms with Crippen LogP contribution in [0.1, 0.15) is 28.8 Å². The smallest absolute Gasteiger partial charge is 0.255 e. The van der Waals surface area contributed by atoms with E-state index >= 15 is 0 Å². The van der Waals surface area contributed by atoms with Crippen molar-refractivity contribution >= 4 is 11.7 Å². The highest BCUT2D eigenvalue weighted by Crippen LogP contribution is 2.26. The number of nitrogens with zero attached hydrogens (tertiary/aromatic N) is 4. The van der Waals surface area contributed by atoms with Crippen molar-refractivity contribution in [3.8, 4) is 11.3 Å². The maximum atomic E-state index is 13.9. The molecule has 1 fully saturated rings. The SMILES string of the molecule is Cc1ccc(C(=O)C2CCCN(c3nc(-c4ccncc4)cc(=O)n3C)C2)cc1F. The Morgan fingerprint density at radius 1 is 1.17 bits per heavy atom. The maximum Gasteiger partial charge on any atom is 0.255 e. The molecule has 4 rings (SSSR count). The van der Waals surface area contributed by atoms with Crippen LogP contribution in [0.5, 0.6) is 0 Å². The molecule has 1 aliphatic rings. The fourth-order valence-electron chi connectivity index (χ4n) is 3.84. The van der Waals surface area contributed by atoms with Crippen LogP contribution in [0.4, 0.5) is 10.3 Å². The Morgan fingerprint density at radius 2 is 1.93 bits per heavy atom. The van der Waals surface area contributed by atoms with E-state index in [1.807, 2.05) is 4.90 Å². The van der Waals surface area contributed by atoms with E-state index in [2.05, 4.69) is 4.98 Å². The minimum atomic E-state index is -0.373. The molecule has 0 radical (unpaired) electrons. The standard InChI is InChI=1S/C23H23FN4O2/c1-15-5-6-17(12-19(15)24)22(30)18-4-3-11-28(14-18)23-26-20(13-21(29)27(23)2)16-7-9-25-10-8-16/h5-10,12-13,18H,3-4,11,14H2,1-2H3. The summed E-state index contributed by atoms with van der Waals surface area (Å²) in [5.41, 5.74) is 2.12. The van der Waals surface area contributed by atoms with Gasteiger partial charge in [0.2, 0.25) is 5.95 Å². The summed E-state index contributed by atoms with van der Waals surface area (Å²) >= 11 is 0. The first-order valence-electron chi connectivity index (χ1n) is 9.98. The van der Waals surface area contributed by atoms with Crippen molar-refractivity contribution in [1.29, 1.82) is 0 Å². The summed E-state index contributed by atoms with van der Waals surface area (Å²) < 4.78 is 15.4. The highest BCUT2D eigenvalue weighted by molar-refractivity contribution is 5.98. The van der Waals surface area contributed by atoms with Gasteiger partial charge in [-0.05, 0) is 43.5 Å². The van der Waals surface area contributed by atoms with E-state index in [9.17, 15) is 14.0 Å².